The van der Waals surface area contributed by atoms with Crippen molar-refractivity contribution >= 4 is 70.5 Å². The third-order valence-electron chi connectivity index (χ3n) is 15.3. The van der Waals surface area contributed by atoms with Crippen LogP contribution in [0.4, 0.5) is 0 Å². The van der Waals surface area contributed by atoms with Crippen LogP contribution in [0, 0.1) is 59.3 Å². The summed E-state index contributed by atoms with van der Waals surface area (Å²) in [5, 5.41) is 25.0. The van der Waals surface area contributed by atoms with Gasteiger partial charge in [0.1, 0.15) is 0 Å². The molecule has 32 heteroatoms. The monoisotopic (exact) mass is 1350 g/mol. The molecule has 0 saturated heterocycles. The molecule has 8 bridgehead atoms. The molecule has 3 aliphatic rings. The van der Waals surface area contributed by atoms with Crippen molar-refractivity contribution in [3.8, 4) is 0 Å². The van der Waals surface area contributed by atoms with Crippen LogP contribution < -0.4 is 75.4 Å². The van der Waals surface area contributed by atoms with Crippen LogP contribution in [-0.2, 0) is 62.4 Å². The molecule has 3 aromatic rings. The molecule has 0 unspecified atom stereocenters. The van der Waals surface area contributed by atoms with Crippen LogP contribution in [0.3, 0.4) is 0 Å². The van der Waals surface area contributed by atoms with Gasteiger partial charge < -0.3 is 16.0 Å². The fourth-order valence-electron chi connectivity index (χ4n) is 9.96. The summed E-state index contributed by atoms with van der Waals surface area (Å²) in [6.07, 6.45) is -1.39. The summed E-state index contributed by atoms with van der Waals surface area (Å²) in [4.78, 5) is 181. The molecule has 0 aromatic carbocycles. The molecule has 0 aliphatic carbocycles. The number of nitrogens with one attached hydrogen (secondary N) is 9. The molecular weight excluding hydrogens is 1250 g/mol. The second-order valence-corrected chi connectivity index (χ2v) is 26.9. The molecule has 6 heterocycles. The van der Waals surface area contributed by atoms with Crippen molar-refractivity contribution in [2.45, 2.75) is 178 Å². The third kappa shape index (κ3) is 23.5. The van der Waals surface area contributed by atoms with Gasteiger partial charge in [0.2, 0.25) is 17.7 Å². The number of rotatable bonds is 6. The van der Waals surface area contributed by atoms with Crippen LogP contribution in [0.2, 0.25) is 0 Å². The van der Waals surface area contributed by atoms with Crippen molar-refractivity contribution in [1.29, 1.82) is 0 Å². The number of carbonyl (C=O) groups excluding carboxylic acids is 9. The summed E-state index contributed by atoms with van der Waals surface area (Å²) >= 11 is -4.97. The Balaban J connectivity index is 1.64. The number of hydrogen-bond donors (Lipinski definition) is 9. The Kier molecular flexibility index (Phi) is 29.3. The Morgan fingerprint density at radius 2 is 0.630 bits per heavy atom. The van der Waals surface area contributed by atoms with Crippen LogP contribution in [0.1, 0.15) is 151 Å². The van der Waals surface area contributed by atoms with Crippen LogP contribution >= 0.6 is 0 Å². The Labute approximate surface area is 541 Å². The van der Waals surface area contributed by atoms with Crippen LogP contribution in [-0.4, -0.2) is 182 Å². The first-order chi connectivity index (χ1) is 43.5. The van der Waals surface area contributed by atoms with Crippen molar-refractivity contribution in [3.05, 3.63) is 82.3 Å². The van der Waals surface area contributed by atoms with E-state index in [1.165, 1.54) is 20.8 Å². The van der Waals surface area contributed by atoms with Gasteiger partial charge in [-0.1, -0.05) is 0 Å². The normalized spacial score (nSPS) is 20.5. The number of fused-ring (bicyclic) bond motifs is 36. The van der Waals surface area contributed by atoms with Crippen LogP contribution in [0.25, 0.3) is 0 Å². The van der Waals surface area contributed by atoms with Crippen molar-refractivity contribution in [2.75, 3.05) is 58.9 Å². The number of aryl methyl sites for hydroxylation is 6. The van der Waals surface area contributed by atoms with Crippen molar-refractivity contribution in [1.82, 2.24) is 81.9 Å². The first-order valence-electron chi connectivity index (χ1n) is 31.5. The molecule has 3 aromatic heterocycles. The summed E-state index contributed by atoms with van der Waals surface area (Å²) in [6.45, 7) is 21.5. The first kappa shape index (κ1) is 74.6. The van der Waals surface area contributed by atoms with Crippen molar-refractivity contribution in [2.24, 2.45) is 17.8 Å². The molecule has 506 valence electrons. The number of amides is 9. The number of aromatic nitrogens is 6. The average Bonchev–Trinajstić information content (AvgIpc) is 0.807. The minimum absolute atomic E-state index is 0.0595. The van der Waals surface area contributed by atoms with Gasteiger partial charge in [-0.15, -0.1) is 0 Å². The summed E-state index contributed by atoms with van der Waals surface area (Å²) in [6, 6.07) is -3.06. The predicted molar refractivity (Wildman–Crippen MR) is 337 cm³/mol. The van der Waals surface area contributed by atoms with Gasteiger partial charge in [-0.25, -0.2) is 0 Å². The molecule has 0 spiro atoms. The average molecular weight is 1350 g/mol. The topological polar surface area (TPSA) is 397 Å². The Bertz CT molecular complexity index is 2990. The second-order valence-electron chi connectivity index (χ2n) is 24.4. The fraction of sp³-hybridized carbons (Fsp3) is 0.650. The SMILES string of the molecule is Cc1nc2c(=O)n(c1C)[O][Ga]1[O]n3c(C)c(C)nc(c3=O)CCC(=O)N[C@@H](CC(C)C)C(=O)NCCC(=O)NCCN(CCNC(=O)CCNC(=O)[C@H](CC(C)C)NC(=O)CC2)CCNC(=O)CCNC(=O)[C@H](CC(C)C)NC(=O)CCc2nc(C)c(C)n(c2=O)[O]1. The van der Waals surface area contributed by atoms with Crippen molar-refractivity contribution in [3.63, 3.8) is 0 Å². The number of nitrogens with zero attached hydrogens (tertiary/aromatic N) is 7. The molecule has 0 fully saturated rings. The van der Waals surface area contributed by atoms with E-state index in [1.807, 2.05) is 46.4 Å². The minimum atomic E-state index is -4.97. The predicted octanol–water partition coefficient (Wildman–Crippen LogP) is -2.53. The van der Waals surface area contributed by atoms with Gasteiger partial charge in [-0.3, -0.25) is 19.3 Å². The zero-order chi connectivity index (χ0) is 67.9. The molecule has 9 N–H and O–H groups in total. The van der Waals surface area contributed by atoms with Gasteiger partial charge >= 0.3 is 432 Å². The van der Waals surface area contributed by atoms with E-state index >= 15 is 0 Å². The molecule has 31 nitrogen and oxygen atoms in total. The Morgan fingerprint density at radius 1 is 0.370 bits per heavy atom. The molecule has 0 saturated carbocycles. The second kappa shape index (κ2) is 36.2. The van der Waals surface area contributed by atoms with E-state index in [4.69, 9.17) is 10.9 Å². The van der Waals surface area contributed by atoms with Gasteiger partial charge in [-0.2, -0.15) is 0 Å². The van der Waals surface area contributed by atoms with Crippen molar-refractivity contribution < 1.29 is 54.0 Å². The van der Waals surface area contributed by atoms with E-state index in [0.717, 1.165) is 14.2 Å². The van der Waals surface area contributed by atoms with Gasteiger partial charge in [0.15, 0.2) is 0 Å². The molecule has 9 amide bonds. The standard InChI is InChI=1S/C60H93N16O15.Ga/c1-34(2)31-46(70-52(80)16-13-43-58(86)74(89)40(10)37(7)67-43)55(83)64-22-19-49(77)61-25-28-73(29-26-62-50(78)20-23-65-56(84)47(32-35(3)4)71-53(81)17-14-44-59(87)75(90)41(11)38(8)68-44)30-27-63-51(79)21-24-66-57(85)48(33-36(5)6)72-54(82)18-15-45-60(88)76(91)42(12)39(9)69-45;/h34-36,46-48H,13-33H2,1-12H3,(H,61,77)(H,62,78)(H,63,79)(H,64,83)(H,65,84)(H,66,85)(H,70,80)(H,71,81)(H,72,82);/q-3;+3/t46-,47-,48-;/m0./s1. The van der Waals surface area contributed by atoms with Gasteiger partial charge in [-0.05, 0) is 0 Å². The first-order valence-corrected chi connectivity index (χ1v) is 34.5. The Morgan fingerprint density at radius 3 is 0.880 bits per heavy atom. The molecule has 92 heavy (non-hydrogen) atoms. The summed E-state index contributed by atoms with van der Waals surface area (Å²) in [5.74, 6) is -4.76. The third-order valence-corrected chi connectivity index (χ3v) is 17.7. The van der Waals surface area contributed by atoms with Crippen LogP contribution in [0.15, 0.2) is 14.4 Å². The summed E-state index contributed by atoms with van der Waals surface area (Å²) < 4.78 is 21.8. The fourth-order valence-corrected chi connectivity index (χ4v) is 12.9. The molecule has 3 aliphatic heterocycles. The van der Waals surface area contributed by atoms with E-state index in [1.54, 1.807) is 20.8 Å². The maximum absolute atomic E-state index is 14.6. The van der Waals surface area contributed by atoms with Gasteiger partial charge in [0.05, 0.1) is 0 Å². The van der Waals surface area contributed by atoms with E-state index in [-0.39, 0.29) is 205 Å². The van der Waals surface area contributed by atoms with Gasteiger partial charge in [0, 0.05) is 58.5 Å². The van der Waals surface area contributed by atoms with E-state index < -0.39 is 105 Å². The number of carbonyl (C=O) groups is 9. The van der Waals surface area contributed by atoms with Gasteiger partial charge in [0.25, 0.3) is 0 Å². The van der Waals surface area contributed by atoms with E-state index in [9.17, 15) is 57.5 Å². The zero-order valence-electron chi connectivity index (χ0n) is 55.1. The molecular formula is C60H93GaN16O15. The quantitative estimate of drug-likeness (QED) is 0.115. The maximum atomic E-state index is 14.6. The number of hydrogen-bond acceptors (Lipinski definition) is 19. The summed E-state index contributed by atoms with van der Waals surface area (Å²) in [5.41, 5.74) is -1.75. The van der Waals surface area contributed by atoms with E-state index in [2.05, 4.69) is 62.8 Å². The van der Waals surface area contributed by atoms with E-state index in [0.29, 0.717) is 0 Å². The molecule has 6 rings (SSSR count). The zero-order valence-corrected chi connectivity index (χ0v) is 57.6. The molecule has 3 atom stereocenters. The summed E-state index contributed by atoms with van der Waals surface area (Å²) in [7, 11) is 0. The Hall–Kier alpha value is -8.13. The molecule has 0 radical (unpaired) electrons. The van der Waals surface area contributed by atoms with Crippen LogP contribution in [0.5, 0.6) is 0 Å².